The first-order valence-corrected chi connectivity index (χ1v) is 7.86. The Morgan fingerprint density at radius 2 is 1.89 bits per heavy atom. The van der Waals surface area contributed by atoms with Crippen molar-refractivity contribution in [2.24, 2.45) is 0 Å². The highest BCUT2D eigenvalue weighted by Crippen LogP contribution is 2.29. The predicted octanol–water partition coefficient (Wildman–Crippen LogP) is 3.10. The van der Waals surface area contributed by atoms with Gasteiger partial charge in [0, 0.05) is 28.2 Å². The van der Waals surface area contributed by atoms with E-state index in [0.29, 0.717) is 9.90 Å². The molecule has 2 aromatic heterocycles. The van der Waals surface area contributed by atoms with Crippen molar-refractivity contribution >= 4 is 37.1 Å². The fourth-order valence-corrected chi connectivity index (χ4v) is 4.13. The standard InChI is InChI=1S/C13H10N2O2S2/c16-19(17,15-11-4-2-1-3-5-11)13-8-10-9-14-7-6-12(10)18-13/h1-9,15H. The Bertz CT molecular complexity index is 778. The zero-order valence-corrected chi connectivity index (χ0v) is 11.4. The molecule has 0 amide bonds. The number of benzene rings is 1. The predicted molar refractivity (Wildman–Crippen MR) is 76.9 cm³/mol. The summed E-state index contributed by atoms with van der Waals surface area (Å²) in [6, 6.07) is 12.3. The van der Waals surface area contributed by atoms with E-state index in [4.69, 9.17) is 0 Å². The van der Waals surface area contributed by atoms with Gasteiger partial charge in [0.2, 0.25) is 0 Å². The lowest BCUT2D eigenvalue weighted by Gasteiger charge is -2.05. The fourth-order valence-electron chi connectivity index (χ4n) is 1.70. The summed E-state index contributed by atoms with van der Waals surface area (Å²) in [7, 11) is -3.53. The molecule has 6 heteroatoms. The molecule has 1 N–H and O–H groups in total. The van der Waals surface area contributed by atoms with Crippen LogP contribution in [0.25, 0.3) is 10.1 Å². The van der Waals surface area contributed by atoms with Crippen LogP contribution in [-0.4, -0.2) is 13.4 Å². The third-order valence-electron chi connectivity index (χ3n) is 2.58. The number of sulfonamides is 1. The number of aromatic nitrogens is 1. The first-order valence-electron chi connectivity index (χ1n) is 5.56. The van der Waals surface area contributed by atoms with Gasteiger partial charge in [0.15, 0.2) is 0 Å². The third-order valence-corrected chi connectivity index (χ3v) is 5.56. The van der Waals surface area contributed by atoms with E-state index in [1.54, 1.807) is 42.7 Å². The van der Waals surface area contributed by atoms with Gasteiger partial charge in [-0.2, -0.15) is 0 Å². The topological polar surface area (TPSA) is 59.1 Å². The van der Waals surface area contributed by atoms with E-state index in [0.717, 1.165) is 10.1 Å². The highest BCUT2D eigenvalue weighted by atomic mass is 32.2. The number of para-hydroxylation sites is 1. The van der Waals surface area contributed by atoms with Crippen LogP contribution < -0.4 is 4.72 Å². The van der Waals surface area contributed by atoms with Gasteiger partial charge in [0.05, 0.1) is 0 Å². The van der Waals surface area contributed by atoms with Crippen molar-refractivity contribution in [2.75, 3.05) is 4.72 Å². The highest BCUT2D eigenvalue weighted by molar-refractivity contribution is 7.94. The van der Waals surface area contributed by atoms with E-state index in [1.165, 1.54) is 11.3 Å². The molecule has 0 spiro atoms. The number of fused-ring (bicyclic) bond motifs is 1. The summed E-state index contributed by atoms with van der Waals surface area (Å²) >= 11 is 1.23. The van der Waals surface area contributed by atoms with Gasteiger partial charge in [-0.3, -0.25) is 9.71 Å². The van der Waals surface area contributed by atoms with Crippen LogP contribution in [0.1, 0.15) is 0 Å². The lowest BCUT2D eigenvalue weighted by atomic mass is 10.3. The molecular weight excluding hydrogens is 280 g/mol. The zero-order chi connectivity index (χ0) is 13.3. The van der Waals surface area contributed by atoms with Crippen LogP contribution in [0, 0.1) is 0 Å². The second-order valence-electron chi connectivity index (χ2n) is 3.95. The molecule has 0 aliphatic carbocycles. The molecular formula is C13H10N2O2S2. The van der Waals surface area contributed by atoms with Crippen LogP contribution in [-0.2, 0) is 10.0 Å². The Hall–Kier alpha value is -1.92. The summed E-state index contributed by atoms with van der Waals surface area (Å²) < 4.78 is 28.3. The number of rotatable bonds is 3. The van der Waals surface area contributed by atoms with E-state index in [2.05, 4.69) is 9.71 Å². The van der Waals surface area contributed by atoms with Crippen molar-refractivity contribution in [1.29, 1.82) is 0 Å². The molecule has 96 valence electrons. The Morgan fingerprint density at radius 1 is 1.11 bits per heavy atom. The number of hydrogen-bond donors (Lipinski definition) is 1. The molecule has 19 heavy (non-hydrogen) atoms. The molecule has 1 aromatic carbocycles. The van der Waals surface area contributed by atoms with Gasteiger partial charge in [0.1, 0.15) is 4.21 Å². The van der Waals surface area contributed by atoms with Gasteiger partial charge in [-0.25, -0.2) is 8.42 Å². The Labute approximate surface area is 114 Å². The van der Waals surface area contributed by atoms with Gasteiger partial charge >= 0.3 is 0 Å². The van der Waals surface area contributed by atoms with Gasteiger partial charge in [0.25, 0.3) is 10.0 Å². The van der Waals surface area contributed by atoms with Crippen molar-refractivity contribution in [3.63, 3.8) is 0 Å². The van der Waals surface area contributed by atoms with Gasteiger partial charge in [-0.1, -0.05) is 18.2 Å². The maximum Gasteiger partial charge on any atom is 0.271 e. The molecule has 0 fully saturated rings. The smallest absolute Gasteiger partial charge is 0.271 e. The second-order valence-corrected chi connectivity index (χ2v) is 6.94. The quantitative estimate of drug-likeness (QED) is 0.806. The van der Waals surface area contributed by atoms with E-state index in [-0.39, 0.29) is 0 Å². The van der Waals surface area contributed by atoms with E-state index < -0.39 is 10.0 Å². The summed E-state index contributed by atoms with van der Waals surface area (Å²) in [6.45, 7) is 0. The van der Waals surface area contributed by atoms with Gasteiger partial charge < -0.3 is 0 Å². The van der Waals surface area contributed by atoms with E-state index in [9.17, 15) is 8.42 Å². The molecule has 0 bridgehead atoms. The van der Waals surface area contributed by atoms with E-state index >= 15 is 0 Å². The van der Waals surface area contributed by atoms with Gasteiger partial charge in [-0.05, 0) is 24.3 Å². The first-order chi connectivity index (χ1) is 9.15. The second kappa shape index (κ2) is 4.64. The van der Waals surface area contributed by atoms with E-state index in [1.807, 2.05) is 12.1 Å². The maximum absolute atomic E-state index is 12.3. The molecule has 2 heterocycles. The summed E-state index contributed by atoms with van der Waals surface area (Å²) in [5, 5.41) is 0.834. The minimum absolute atomic E-state index is 0.291. The number of hydrogen-bond acceptors (Lipinski definition) is 4. The lowest BCUT2D eigenvalue weighted by Crippen LogP contribution is -2.11. The van der Waals surface area contributed by atoms with Crippen LogP contribution in [0.5, 0.6) is 0 Å². The minimum atomic E-state index is -3.53. The van der Waals surface area contributed by atoms with Crippen molar-refractivity contribution in [3.8, 4) is 0 Å². The van der Waals surface area contributed by atoms with Crippen molar-refractivity contribution in [3.05, 3.63) is 54.9 Å². The van der Waals surface area contributed by atoms with Crippen molar-refractivity contribution in [1.82, 2.24) is 4.98 Å². The molecule has 0 aliphatic heterocycles. The molecule has 4 nitrogen and oxygen atoms in total. The number of nitrogens with one attached hydrogen (secondary N) is 1. The molecule has 3 aromatic rings. The molecule has 0 atom stereocenters. The number of thiophene rings is 1. The fraction of sp³-hybridized carbons (Fsp3) is 0. The minimum Gasteiger partial charge on any atom is -0.279 e. The Kier molecular flexibility index (Phi) is 2.96. The van der Waals surface area contributed by atoms with Crippen molar-refractivity contribution in [2.45, 2.75) is 4.21 Å². The van der Waals surface area contributed by atoms with Gasteiger partial charge in [-0.15, -0.1) is 11.3 Å². The molecule has 0 radical (unpaired) electrons. The Morgan fingerprint density at radius 3 is 2.63 bits per heavy atom. The molecule has 0 aliphatic rings. The maximum atomic E-state index is 12.3. The van der Waals surface area contributed by atoms with Crippen LogP contribution in [0.2, 0.25) is 0 Å². The van der Waals surface area contributed by atoms with Crippen LogP contribution in [0.15, 0.2) is 59.1 Å². The Balaban J connectivity index is 2.00. The van der Waals surface area contributed by atoms with Crippen LogP contribution >= 0.6 is 11.3 Å². The van der Waals surface area contributed by atoms with Crippen LogP contribution in [0.4, 0.5) is 5.69 Å². The number of nitrogens with zero attached hydrogens (tertiary/aromatic N) is 1. The summed E-state index contributed by atoms with van der Waals surface area (Å²) in [5.74, 6) is 0. The molecule has 3 rings (SSSR count). The largest absolute Gasteiger partial charge is 0.279 e. The zero-order valence-electron chi connectivity index (χ0n) is 9.78. The number of pyridine rings is 1. The third kappa shape index (κ3) is 2.45. The monoisotopic (exact) mass is 290 g/mol. The SMILES string of the molecule is O=S(=O)(Nc1ccccc1)c1cc2cnccc2s1. The average Bonchev–Trinajstić information content (AvgIpc) is 2.84. The molecule has 0 unspecified atom stereocenters. The molecule has 0 saturated carbocycles. The highest BCUT2D eigenvalue weighted by Gasteiger charge is 2.17. The first kappa shape index (κ1) is 12.1. The van der Waals surface area contributed by atoms with Crippen molar-refractivity contribution < 1.29 is 8.42 Å². The normalized spacial score (nSPS) is 11.6. The summed E-state index contributed by atoms with van der Waals surface area (Å²) in [6.07, 6.45) is 3.31. The lowest BCUT2D eigenvalue weighted by molar-refractivity contribution is 0.603. The summed E-state index contributed by atoms with van der Waals surface area (Å²) in [4.78, 5) is 3.98. The number of anilines is 1. The average molecular weight is 290 g/mol. The van der Waals surface area contributed by atoms with Crippen LogP contribution in [0.3, 0.4) is 0 Å². The molecule has 0 saturated heterocycles. The summed E-state index contributed by atoms with van der Waals surface area (Å²) in [5.41, 5.74) is 0.554.